The number of hydrogen-bond acceptors (Lipinski definition) is 7. The first-order valence-electron chi connectivity index (χ1n) is 14.4. The zero-order valence-electron chi connectivity index (χ0n) is 24.1. The first-order chi connectivity index (χ1) is 18.6. The number of unbranched alkanes of at least 4 members (excludes halogenated alkanes) is 5. The molecule has 1 atom stereocenters. The topological polar surface area (TPSA) is 59.0 Å². The summed E-state index contributed by atoms with van der Waals surface area (Å²) in [6.07, 6.45) is 16.6. The van der Waals surface area contributed by atoms with Crippen molar-refractivity contribution in [2.75, 3.05) is 57.5 Å². The lowest BCUT2D eigenvalue weighted by atomic mass is 10.0. The molecule has 208 valence electrons. The average Bonchev–Trinajstić information content (AvgIpc) is 3.23. The SMILES string of the molecule is CCCCCCCCc1ccc(NC2=CC(N(C)C)N(C)C=N2)cc1.c1ccc(N2CCCNCC2)nc1. The third-order valence-electron chi connectivity index (χ3n) is 6.99. The number of likely N-dealkylation sites (N-methyl/N-ethyl adjacent to an activating group) is 2. The van der Waals surface area contributed by atoms with E-state index in [9.17, 15) is 0 Å². The summed E-state index contributed by atoms with van der Waals surface area (Å²) >= 11 is 0. The second-order valence-corrected chi connectivity index (χ2v) is 10.5. The Hall–Kier alpha value is -2.90. The number of hydrogen-bond donors (Lipinski definition) is 2. The Morgan fingerprint density at radius 1 is 0.974 bits per heavy atom. The van der Waals surface area contributed by atoms with Gasteiger partial charge >= 0.3 is 0 Å². The lowest BCUT2D eigenvalue weighted by Gasteiger charge is -2.32. The lowest BCUT2D eigenvalue weighted by molar-refractivity contribution is 0.214. The zero-order valence-corrected chi connectivity index (χ0v) is 24.1. The van der Waals surface area contributed by atoms with Crippen molar-refractivity contribution in [2.45, 2.75) is 64.5 Å². The number of nitrogens with one attached hydrogen (secondary N) is 2. The Bertz CT molecular complexity index is 948. The van der Waals surface area contributed by atoms with Crippen molar-refractivity contribution in [3.8, 4) is 0 Å². The highest BCUT2D eigenvalue weighted by Gasteiger charge is 2.17. The number of aliphatic imine (C=N–C) groups is 1. The predicted octanol–water partition coefficient (Wildman–Crippen LogP) is 5.59. The van der Waals surface area contributed by atoms with Crippen LogP contribution in [0.3, 0.4) is 0 Å². The van der Waals surface area contributed by atoms with Crippen LogP contribution >= 0.6 is 0 Å². The molecule has 1 unspecified atom stereocenters. The van der Waals surface area contributed by atoms with Crippen LogP contribution in [-0.4, -0.2) is 74.6 Å². The maximum absolute atomic E-state index is 4.47. The van der Waals surface area contributed by atoms with Gasteiger partial charge in [0.2, 0.25) is 0 Å². The maximum Gasteiger partial charge on any atom is 0.131 e. The van der Waals surface area contributed by atoms with Crippen LogP contribution in [-0.2, 0) is 6.42 Å². The van der Waals surface area contributed by atoms with Gasteiger partial charge in [0.1, 0.15) is 17.8 Å². The van der Waals surface area contributed by atoms with E-state index in [1.165, 1.54) is 56.9 Å². The Morgan fingerprint density at radius 2 is 1.76 bits per heavy atom. The van der Waals surface area contributed by atoms with Crippen molar-refractivity contribution in [2.24, 2.45) is 4.99 Å². The molecule has 2 aromatic rings. The van der Waals surface area contributed by atoms with Crippen LogP contribution in [0.4, 0.5) is 11.5 Å². The number of anilines is 2. The Kier molecular flexibility index (Phi) is 13.1. The van der Waals surface area contributed by atoms with Gasteiger partial charge in [0.25, 0.3) is 0 Å². The van der Waals surface area contributed by atoms with Gasteiger partial charge in [-0.25, -0.2) is 9.98 Å². The summed E-state index contributed by atoms with van der Waals surface area (Å²) in [6, 6.07) is 14.9. The fourth-order valence-electron chi connectivity index (χ4n) is 4.74. The summed E-state index contributed by atoms with van der Waals surface area (Å²) in [4.78, 5) is 15.4. The molecule has 3 heterocycles. The van der Waals surface area contributed by atoms with E-state index in [4.69, 9.17) is 0 Å². The molecule has 0 radical (unpaired) electrons. The van der Waals surface area contributed by atoms with Crippen LogP contribution in [0.25, 0.3) is 0 Å². The molecule has 2 aliphatic rings. The first-order valence-corrected chi connectivity index (χ1v) is 14.4. The molecule has 0 aliphatic carbocycles. The van der Waals surface area contributed by atoms with Gasteiger partial charge in [-0.2, -0.15) is 0 Å². The molecule has 4 rings (SSSR count). The molecule has 1 aromatic heterocycles. The largest absolute Gasteiger partial charge is 0.355 e. The molecule has 0 saturated carbocycles. The van der Waals surface area contributed by atoms with Gasteiger partial charge in [0.15, 0.2) is 0 Å². The molecule has 7 heteroatoms. The monoisotopic (exact) mass is 519 g/mol. The molecule has 0 amide bonds. The van der Waals surface area contributed by atoms with Crippen LogP contribution in [0.1, 0.15) is 57.4 Å². The van der Waals surface area contributed by atoms with E-state index in [-0.39, 0.29) is 6.17 Å². The molecule has 1 fully saturated rings. The molecule has 2 aliphatic heterocycles. The Labute approximate surface area is 231 Å². The maximum atomic E-state index is 4.47. The number of benzene rings is 1. The van der Waals surface area contributed by atoms with Gasteiger partial charge in [-0.3, -0.25) is 4.90 Å². The third kappa shape index (κ3) is 10.5. The quantitative estimate of drug-likeness (QED) is 0.378. The summed E-state index contributed by atoms with van der Waals surface area (Å²) in [5.74, 6) is 2.01. The van der Waals surface area contributed by atoms with Gasteiger partial charge in [0, 0.05) is 38.6 Å². The van der Waals surface area contributed by atoms with Gasteiger partial charge in [-0.05, 0) is 75.8 Å². The van der Waals surface area contributed by atoms with Gasteiger partial charge in [-0.15, -0.1) is 0 Å². The predicted molar refractivity (Wildman–Crippen MR) is 163 cm³/mol. The number of aryl methyl sites for hydroxylation is 1. The second-order valence-electron chi connectivity index (χ2n) is 10.5. The van der Waals surface area contributed by atoms with Crippen molar-refractivity contribution in [1.82, 2.24) is 20.1 Å². The van der Waals surface area contributed by atoms with Crippen molar-refractivity contribution in [1.29, 1.82) is 0 Å². The standard InChI is InChI=1S/C21H34N4.C10H15N3/c1-5-6-7-8-9-10-11-18-12-14-19(15-13-18)23-20-16-21(24(2)3)25(4)17-22-20;1-2-6-12-10(4-1)13-8-3-5-11-7-9-13/h12-17,21,23H,5-11H2,1-4H3;1-2,4,6,11H,3,5,7-9H2. The third-order valence-corrected chi connectivity index (χ3v) is 6.99. The molecule has 38 heavy (non-hydrogen) atoms. The summed E-state index contributed by atoms with van der Waals surface area (Å²) in [7, 11) is 6.19. The summed E-state index contributed by atoms with van der Waals surface area (Å²) < 4.78 is 0. The van der Waals surface area contributed by atoms with Gasteiger partial charge in [-0.1, -0.05) is 57.2 Å². The van der Waals surface area contributed by atoms with E-state index >= 15 is 0 Å². The number of pyridine rings is 1. The van der Waals surface area contributed by atoms with Crippen LogP contribution < -0.4 is 15.5 Å². The smallest absolute Gasteiger partial charge is 0.131 e. The van der Waals surface area contributed by atoms with E-state index < -0.39 is 0 Å². The Morgan fingerprint density at radius 3 is 2.50 bits per heavy atom. The molecule has 0 spiro atoms. The van der Waals surface area contributed by atoms with Crippen LogP contribution in [0.5, 0.6) is 0 Å². The van der Waals surface area contributed by atoms with Gasteiger partial charge in [0.05, 0.1) is 6.34 Å². The van der Waals surface area contributed by atoms with E-state index in [0.29, 0.717) is 0 Å². The second kappa shape index (κ2) is 16.8. The fourth-order valence-corrected chi connectivity index (χ4v) is 4.74. The van der Waals surface area contributed by atoms with E-state index in [0.717, 1.165) is 43.5 Å². The summed E-state index contributed by atoms with van der Waals surface area (Å²) in [5, 5.41) is 6.79. The summed E-state index contributed by atoms with van der Waals surface area (Å²) in [5.41, 5.74) is 2.52. The van der Waals surface area contributed by atoms with Crippen molar-refractivity contribution in [3.63, 3.8) is 0 Å². The van der Waals surface area contributed by atoms with Crippen LogP contribution in [0.2, 0.25) is 0 Å². The number of rotatable bonds is 11. The minimum atomic E-state index is 0.229. The van der Waals surface area contributed by atoms with Crippen molar-refractivity contribution >= 4 is 17.8 Å². The van der Waals surface area contributed by atoms with Crippen molar-refractivity contribution in [3.05, 3.63) is 66.1 Å². The molecule has 1 aromatic carbocycles. The molecule has 2 N–H and O–H groups in total. The highest BCUT2D eigenvalue weighted by Crippen LogP contribution is 2.18. The fraction of sp³-hybridized carbons (Fsp3) is 0.548. The molecule has 7 nitrogen and oxygen atoms in total. The molecular formula is C31H49N7. The Balaban J connectivity index is 0.000000256. The number of aromatic nitrogens is 1. The zero-order chi connectivity index (χ0) is 27.0. The van der Waals surface area contributed by atoms with E-state index in [1.807, 2.05) is 31.7 Å². The normalized spacial score (nSPS) is 17.5. The van der Waals surface area contributed by atoms with E-state index in [1.54, 1.807) is 0 Å². The average molecular weight is 520 g/mol. The van der Waals surface area contributed by atoms with Gasteiger partial charge < -0.3 is 20.4 Å². The molecular weight excluding hydrogens is 470 g/mol. The molecule has 1 saturated heterocycles. The van der Waals surface area contributed by atoms with Crippen LogP contribution in [0.15, 0.2) is 65.6 Å². The summed E-state index contributed by atoms with van der Waals surface area (Å²) in [6.45, 7) is 6.64. The van der Waals surface area contributed by atoms with Crippen LogP contribution in [0, 0.1) is 0 Å². The minimum Gasteiger partial charge on any atom is -0.355 e. The van der Waals surface area contributed by atoms with Crippen molar-refractivity contribution < 1.29 is 0 Å². The highest BCUT2D eigenvalue weighted by molar-refractivity contribution is 5.62. The first kappa shape index (κ1) is 29.7. The number of nitrogens with zero attached hydrogens (tertiary/aromatic N) is 5. The minimum absolute atomic E-state index is 0.229. The lowest BCUT2D eigenvalue weighted by Crippen LogP contribution is -2.42. The molecule has 0 bridgehead atoms. The van der Waals surface area contributed by atoms with E-state index in [2.05, 4.69) is 92.7 Å². The highest BCUT2D eigenvalue weighted by atomic mass is 15.3.